The molecular weight excluding hydrogens is 114 g/mol. The number of hydrogen-bond acceptors (Lipinski definition) is 2. The first-order valence-electron chi connectivity index (χ1n) is 3.05. The summed E-state index contributed by atoms with van der Waals surface area (Å²) in [7, 11) is 0. The fourth-order valence-corrected chi connectivity index (χ4v) is 0.647. The van der Waals surface area contributed by atoms with Crippen LogP contribution in [0.15, 0.2) is 0 Å². The van der Waals surface area contributed by atoms with Crippen molar-refractivity contribution >= 4 is 6.29 Å². The maximum Gasteiger partial charge on any atom is 0.137 e. The molecule has 0 aromatic rings. The first kappa shape index (κ1) is 8.16. The standard InChI is InChI=1S/C7H11NO/c1-6(2)3-7(4-8)5-9/h5-7H,3H2,1-2H3/t7-/m1/s1. The number of rotatable bonds is 3. The van der Waals surface area contributed by atoms with Gasteiger partial charge in [-0.25, -0.2) is 0 Å². The SMILES string of the molecule is CC(C)C[C@H](C#N)C=O. The number of hydrogen-bond donors (Lipinski definition) is 0. The molecule has 0 N–H and O–H groups in total. The van der Waals surface area contributed by atoms with Gasteiger partial charge in [-0.2, -0.15) is 5.26 Å². The largest absolute Gasteiger partial charge is 0.302 e. The molecule has 0 aliphatic heterocycles. The van der Waals surface area contributed by atoms with E-state index in [2.05, 4.69) is 0 Å². The van der Waals surface area contributed by atoms with Crippen molar-refractivity contribution in [3.8, 4) is 6.07 Å². The highest BCUT2D eigenvalue weighted by Crippen LogP contribution is 2.07. The van der Waals surface area contributed by atoms with Crippen LogP contribution in [0.5, 0.6) is 0 Å². The Labute approximate surface area is 55.5 Å². The third-order valence-electron chi connectivity index (χ3n) is 1.06. The monoisotopic (exact) mass is 125 g/mol. The topological polar surface area (TPSA) is 40.9 Å². The molecule has 0 fully saturated rings. The summed E-state index contributed by atoms with van der Waals surface area (Å²) in [6.07, 6.45) is 1.39. The molecule has 0 saturated carbocycles. The van der Waals surface area contributed by atoms with Crippen LogP contribution in [-0.4, -0.2) is 6.29 Å². The molecule has 0 aliphatic carbocycles. The second-order valence-electron chi connectivity index (χ2n) is 2.50. The molecule has 0 rings (SSSR count). The molecule has 0 saturated heterocycles. The van der Waals surface area contributed by atoms with E-state index in [9.17, 15) is 4.79 Å². The summed E-state index contributed by atoms with van der Waals surface area (Å²) in [5, 5.41) is 8.29. The molecular formula is C7H11NO. The molecule has 0 unspecified atom stereocenters. The number of carbonyl (C=O) groups excluding carboxylic acids is 1. The molecule has 0 aromatic heterocycles. The molecule has 0 radical (unpaired) electrons. The lowest BCUT2D eigenvalue weighted by Gasteiger charge is -2.02. The highest BCUT2D eigenvalue weighted by atomic mass is 16.1. The molecule has 0 amide bonds. The van der Waals surface area contributed by atoms with Crippen molar-refractivity contribution in [2.24, 2.45) is 11.8 Å². The van der Waals surface area contributed by atoms with Gasteiger partial charge in [0.15, 0.2) is 0 Å². The molecule has 0 heterocycles. The fraction of sp³-hybridized carbons (Fsp3) is 0.714. The maximum absolute atomic E-state index is 10.0. The van der Waals surface area contributed by atoms with E-state index in [4.69, 9.17) is 5.26 Å². The average Bonchev–Trinajstić information content (AvgIpc) is 1.82. The van der Waals surface area contributed by atoms with Gasteiger partial charge in [0.2, 0.25) is 0 Å². The first-order valence-corrected chi connectivity index (χ1v) is 3.05. The molecule has 2 nitrogen and oxygen atoms in total. The predicted molar refractivity (Wildman–Crippen MR) is 34.6 cm³/mol. The van der Waals surface area contributed by atoms with Gasteiger partial charge < -0.3 is 4.79 Å². The van der Waals surface area contributed by atoms with Gasteiger partial charge in [-0.1, -0.05) is 13.8 Å². The lowest BCUT2D eigenvalue weighted by Crippen LogP contribution is -2.02. The van der Waals surface area contributed by atoms with Gasteiger partial charge in [0, 0.05) is 0 Å². The third-order valence-corrected chi connectivity index (χ3v) is 1.06. The molecule has 2 heteroatoms. The van der Waals surface area contributed by atoms with Gasteiger partial charge in [0.25, 0.3) is 0 Å². The average molecular weight is 125 g/mol. The van der Waals surface area contributed by atoms with E-state index in [-0.39, 0.29) is 0 Å². The van der Waals surface area contributed by atoms with Crippen LogP contribution in [0.3, 0.4) is 0 Å². The van der Waals surface area contributed by atoms with Crippen molar-refractivity contribution in [1.82, 2.24) is 0 Å². The second kappa shape index (κ2) is 4.08. The van der Waals surface area contributed by atoms with Crippen LogP contribution in [0.25, 0.3) is 0 Å². The van der Waals surface area contributed by atoms with Crippen molar-refractivity contribution in [3.05, 3.63) is 0 Å². The first-order chi connectivity index (χ1) is 4.20. The summed E-state index contributed by atoms with van der Waals surface area (Å²) in [4.78, 5) is 10.0. The minimum atomic E-state index is -0.398. The minimum absolute atomic E-state index is 0.398. The Morgan fingerprint density at radius 3 is 2.33 bits per heavy atom. The van der Waals surface area contributed by atoms with Gasteiger partial charge in [0.1, 0.15) is 12.2 Å². The number of nitriles is 1. The quantitative estimate of drug-likeness (QED) is 0.534. The Morgan fingerprint density at radius 1 is 1.67 bits per heavy atom. The van der Waals surface area contributed by atoms with Gasteiger partial charge in [-0.15, -0.1) is 0 Å². The van der Waals surface area contributed by atoms with Gasteiger partial charge in [-0.3, -0.25) is 0 Å². The van der Waals surface area contributed by atoms with Crippen LogP contribution in [0.4, 0.5) is 0 Å². The molecule has 0 spiro atoms. The van der Waals surface area contributed by atoms with Crippen LogP contribution in [0, 0.1) is 23.2 Å². The highest BCUT2D eigenvalue weighted by molar-refractivity contribution is 5.57. The molecule has 1 atom stereocenters. The zero-order chi connectivity index (χ0) is 7.28. The molecule has 9 heavy (non-hydrogen) atoms. The van der Waals surface area contributed by atoms with Crippen LogP contribution in [-0.2, 0) is 4.79 Å². The fourth-order valence-electron chi connectivity index (χ4n) is 0.647. The molecule has 0 bridgehead atoms. The van der Waals surface area contributed by atoms with E-state index in [0.29, 0.717) is 18.6 Å². The summed E-state index contributed by atoms with van der Waals surface area (Å²) < 4.78 is 0. The van der Waals surface area contributed by atoms with Crippen molar-refractivity contribution in [2.75, 3.05) is 0 Å². The van der Waals surface area contributed by atoms with Gasteiger partial charge in [-0.05, 0) is 12.3 Å². The van der Waals surface area contributed by atoms with Crippen LogP contribution < -0.4 is 0 Å². The zero-order valence-corrected chi connectivity index (χ0v) is 5.79. The minimum Gasteiger partial charge on any atom is -0.302 e. The van der Waals surface area contributed by atoms with E-state index >= 15 is 0 Å². The van der Waals surface area contributed by atoms with Crippen LogP contribution in [0.1, 0.15) is 20.3 Å². The Hall–Kier alpha value is -0.840. The summed E-state index contributed by atoms with van der Waals surface area (Å²) in [5.74, 6) is 0.0323. The number of nitrogens with zero attached hydrogens (tertiary/aromatic N) is 1. The van der Waals surface area contributed by atoms with Crippen LogP contribution >= 0.6 is 0 Å². The normalized spacial score (nSPS) is 12.7. The summed E-state index contributed by atoms with van der Waals surface area (Å²) >= 11 is 0. The zero-order valence-electron chi connectivity index (χ0n) is 5.79. The maximum atomic E-state index is 10.0. The van der Waals surface area contributed by atoms with Crippen LogP contribution in [0.2, 0.25) is 0 Å². The van der Waals surface area contributed by atoms with Crippen molar-refractivity contribution in [1.29, 1.82) is 5.26 Å². The van der Waals surface area contributed by atoms with E-state index in [1.165, 1.54) is 0 Å². The lowest BCUT2D eigenvalue weighted by molar-refractivity contribution is -0.110. The van der Waals surface area contributed by atoms with Gasteiger partial charge in [0.05, 0.1) is 6.07 Å². The number of aldehydes is 1. The summed E-state index contributed by atoms with van der Waals surface area (Å²) in [5.41, 5.74) is 0. The van der Waals surface area contributed by atoms with E-state index in [0.717, 1.165) is 0 Å². The van der Waals surface area contributed by atoms with Crippen molar-refractivity contribution in [3.63, 3.8) is 0 Å². The van der Waals surface area contributed by atoms with E-state index in [1.54, 1.807) is 0 Å². The summed E-state index contributed by atoms with van der Waals surface area (Å²) in [6.45, 7) is 3.99. The van der Waals surface area contributed by atoms with Gasteiger partial charge >= 0.3 is 0 Å². The van der Waals surface area contributed by atoms with E-state index in [1.807, 2.05) is 19.9 Å². The highest BCUT2D eigenvalue weighted by Gasteiger charge is 2.06. The molecule has 0 aromatic carbocycles. The summed E-state index contributed by atoms with van der Waals surface area (Å²) in [6, 6.07) is 1.92. The molecule has 50 valence electrons. The Kier molecular flexibility index (Phi) is 3.70. The Balaban J connectivity index is 3.59. The number of carbonyl (C=O) groups is 1. The Bertz CT molecular complexity index is 123. The van der Waals surface area contributed by atoms with Crippen molar-refractivity contribution in [2.45, 2.75) is 20.3 Å². The smallest absolute Gasteiger partial charge is 0.137 e. The van der Waals surface area contributed by atoms with Crippen molar-refractivity contribution < 1.29 is 4.79 Å². The lowest BCUT2D eigenvalue weighted by atomic mass is 10.0. The third kappa shape index (κ3) is 3.72. The molecule has 0 aliphatic rings. The second-order valence-corrected chi connectivity index (χ2v) is 2.50. The Morgan fingerprint density at radius 2 is 2.22 bits per heavy atom. The predicted octanol–water partition coefficient (Wildman–Crippen LogP) is 1.37. The van der Waals surface area contributed by atoms with E-state index < -0.39 is 5.92 Å².